The predicted molar refractivity (Wildman–Crippen MR) is 41.4 cm³/mol. The van der Waals surface area contributed by atoms with E-state index in [9.17, 15) is 0 Å². The van der Waals surface area contributed by atoms with Gasteiger partial charge in [-0.15, -0.1) is 12.6 Å². The molecule has 2 N–H and O–H groups in total. The zero-order valence-corrected chi connectivity index (χ0v) is 6.25. The lowest BCUT2D eigenvalue weighted by Gasteiger charge is -2.22. The summed E-state index contributed by atoms with van der Waals surface area (Å²) in [5.41, 5.74) is 5.21. The maximum atomic E-state index is 5.46. The molecule has 1 heterocycles. The van der Waals surface area contributed by atoms with E-state index in [0.29, 0.717) is 6.04 Å². The van der Waals surface area contributed by atoms with Crippen LogP contribution in [0.2, 0.25) is 0 Å². The van der Waals surface area contributed by atoms with E-state index in [2.05, 4.69) is 24.7 Å². The first-order valence-electron chi connectivity index (χ1n) is 2.96. The summed E-state index contributed by atoms with van der Waals surface area (Å²) in [5.74, 6) is 0. The predicted octanol–water partition coefficient (Wildman–Crippen LogP) is 0.239. The van der Waals surface area contributed by atoms with Crippen molar-refractivity contribution < 1.29 is 0 Å². The number of hydrogen-bond donors (Lipinski definition) is 2. The first-order valence-corrected chi connectivity index (χ1v) is 3.48. The number of hydrazone groups is 1. The number of rotatable bonds is 1. The molecule has 0 amide bonds. The molecule has 0 aromatic rings. The van der Waals surface area contributed by atoms with Gasteiger partial charge in [0.15, 0.2) is 0 Å². The molecule has 0 radical (unpaired) electrons. The van der Waals surface area contributed by atoms with Crippen molar-refractivity contribution in [2.45, 2.75) is 24.9 Å². The fraction of sp³-hybridized carbons (Fsp3) is 0.800. The van der Waals surface area contributed by atoms with E-state index in [1.807, 2.05) is 6.21 Å². The van der Waals surface area contributed by atoms with Crippen LogP contribution in [0.1, 0.15) is 13.3 Å². The summed E-state index contributed by atoms with van der Waals surface area (Å²) in [7, 11) is 0. The summed E-state index contributed by atoms with van der Waals surface area (Å²) >= 11 is 4.04. The SMILES string of the molecule is CC1CC=NN1C(N)S. The van der Waals surface area contributed by atoms with E-state index in [0.717, 1.165) is 6.42 Å². The average molecular weight is 145 g/mol. The van der Waals surface area contributed by atoms with Gasteiger partial charge in [-0.25, -0.2) is 0 Å². The van der Waals surface area contributed by atoms with E-state index < -0.39 is 0 Å². The summed E-state index contributed by atoms with van der Waals surface area (Å²) in [5, 5.41) is 5.80. The lowest BCUT2D eigenvalue weighted by atomic mass is 10.3. The van der Waals surface area contributed by atoms with Crippen molar-refractivity contribution in [2.75, 3.05) is 0 Å². The van der Waals surface area contributed by atoms with Gasteiger partial charge in [-0.05, 0) is 6.92 Å². The lowest BCUT2D eigenvalue weighted by Crippen LogP contribution is -2.36. The van der Waals surface area contributed by atoms with Gasteiger partial charge >= 0.3 is 0 Å². The number of thiol groups is 1. The van der Waals surface area contributed by atoms with Crippen LogP contribution >= 0.6 is 12.6 Å². The lowest BCUT2D eigenvalue weighted by molar-refractivity contribution is 0.232. The van der Waals surface area contributed by atoms with E-state index in [4.69, 9.17) is 5.73 Å². The van der Waals surface area contributed by atoms with Crippen LogP contribution in [0.25, 0.3) is 0 Å². The van der Waals surface area contributed by atoms with Crippen molar-refractivity contribution in [3.05, 3.63) is 0 Å². The van der Waals surface area contributed by atoms with Gasteiger partial charge in [0.2, 0.25) is 0 Å². The third-order valence-electron chi connectivity index (χ3n) is 1.38. The molecule has 1 rings (SSSR count). The van der Waals surface area contributed by atoms with Crippen LogP contribution in [0, 0.1) is 0 Å². The van der Waals surface area contributed by atoms with Crippen molar-refractivity contribution in [2.24, 2.45) is 10.8 Å². The Morgan fingerprint density at radius 2 is 2.67 bits per heavy atom. The van der Waals surface area contributed by atoms with Gasteiger partial charge in [-0.2, -0.15) is 5.10 Å². The molecule has 52 valence electrons. The van der Waals surface area contributed by atoms with Crippen molar-refractivity contribution in [1.29, 1.82) is 0 Å². The molecule has 3 nitrogen and oxygen atoms in total. The summed E-state index contributed by atoms with van der Waals surface area (Å²) in [6.07, 6.45) is 2.84. The molecule has 1 aliphatic rings. The molecule has 0 spiro atoms. The van der Waals surface area contributed by atoms with Crippen LogP contribution in [0.15, 0.2) is 5.10 Å². The maximum Gasteiger partial charge on any atom is 0.139 e. The maximum absolute atomic E-state index is 5.46. The molecule has 4 heteroatoms. The molecular formula is C5H11N3S. The Morgan fingerprint density at radius 3 is 2.89 bits per heavy atom. The average Bonchev–Trinajstić information content (AvgIpc) is 2.13. The first kappa shape index (κ1) is 6.89. The van der Waals surface area contributed by atoms with Gasteiger partial charge in [0.1, 0.15) is 5.50 Å². The highest BCUT2D eigenvalue weighted by Crippen LogP contribution is 2.12. The van der Waals surface area contributed by atoms with Gasteiger partial charge < -0.3 is 5.73 Å². The minimum atomic E-state index is -0.251. The fourth-order valence-electron chi connectivity index (χ4n) is 0.845. The number of nitrogens with two attached hydrogens (primary N) is 1. The highest BCUT2D eigenvalue weighted by Gasteiger charge is 2.18. The molecule has 0 saturated heterocycles. The second-order valence-electron chi connectivity index (χ2n) is 2.18. The van der Waals surface area contributed by atoms with Gasteiger partial charge in [0.05, 0.1) is 6.04 Å². The first-order chi connectivity index (χ1) is 4.22. The molecule has 0 fully saturated rings. The third-order valence-corrected chi connectivity index (χ3v) is 1.62. The van der Waals surface area contributed by atoms with Gasteiger partial charge in [-0.3, -0.25) is 5.01 Å². The standard InChI is InChI=1S/C5H11N3S/c1-4-2-3-7-8(4)5(6)9/h3-5,9H,2,6H2,1H3. The number of hydrogen-bond acceptors (Lipinski definition) is 4. The highest BCUT2D eigenvalue weighted by molar-refractivity contribution is 7.80. The summed E-state index contributed by atoms with van der Waals surface area (Å²) in [4.78, 5) is 0. The van der Waals surface area contributed by atoms with Gasteiger partial charge in [-0.1, -0.05) is 0 Å². The molecular weight excluding hydrogens is 134 g/mol. The Morgan fingerprint density at radius 1 is 2.00 bits per heavy atom. The summed E-state index contributed by atoms with van der Waals surface area (Å²) in [6.45, 7) is 2.07. The van der Waals surface area contributed by atoms with E-state index in [-0.39, 0.29) is 5.50 Å². The Hall–Kier alpha value is -0.220. The van der Waals surface area contributed by atoms with Gasteiger partial charge in [0, 0.05) is 12.6 Å². The van der Waals surface area contributed by atoms with Crippen LogP contribution in [0.5, 0.6) is 0 Å². The molecule has 9 heavy (non-hydrogen) atoms. The Balaban J connectivity index is 2.49. The third kappa shape index (κ3) is 1.37. The molecule has 1 aliphatic heterocycles. The molecule has 2 atom stereocenters. The zero-order valence-electron chi connectivity index (χ0n) is 5.36. The largest absolute Gasteiger partial charge is 0.302 e. The topological polar surface area (TPSA) is 41.6 Å². The van der Waals surface area contributed by atoms with E-state index >= 15 is 0 Å². The molecule has 0 aromatic heterocycles. The smallest absolute Gasteiger partial charge is 0.139 e. The normalized spacial score (nSPS) is 29.2. The zero-order chi connectivity index (χ0) is 6.85. The van der Waals surface area contributed by atoms with E-state index in [1.54, 1.807) is 5.01 Å². The van der Waals surface area contributed by atoms with E-state index in [1.165, 1.54) is 0 Å². The highest BCUT2D eigenvalue weighted by atomic mass is 32.1. The van der Waals surface area contributed by atoms with Crippen LogP contribution < -0.4 is 5.73 Å². The molecule has 0 saturated carbocycles. The Bertz CT molecular complexity index is 123. The van der Waals surface area contributed by atoms with Crippen LogP contribution in [-0.4, -0.2) is 22.8 Å². The molecule has 0 bridgehead atoms. The molecule has 2 unspecified atom stereocenters. The second kappa shape index (κ2) is 2.58. The van der Waals surface area contributed by atoms with Crippen LogP contribution in [-0.2, 0) is 0 Å². The molecule has 0 aliphatic carbocycles. The van der Waals surface area contributed by atoms with Crippen molar-refractivity contribution >= 4 is 18.8 Å². The Kier molecular flexibility index (Phi) is 1.97. The van der Waals surface area contributed by atoms with Gasteiger partial charge in [0.25, 0.3) is 0 Å². The van der Waals surface area contributed by atoms with Crippen LogP contribution in [0.3, 0.4) is 0 Å². The van der Waals surface area contributed by atoms with Crippen molar-refractivity contribution in [3.8, 4) is 0 Å². The summed E-state index contributed by atoms with van der Waals surface area (Å²) < 4.78 is 0. The van der Waals surface area contributed by atoms with Crippen molar-refractivity contribution in [1.82, 2.24) is 5.01 Å². The quantitative estimate of drug-likeness (QED) is 0.410. The summed E-state index contributed by atoms with van der Waals surface area (Å²) in [6, 6.07) is 0.414. The van der Waals surface area contributed by atoms with Crippen LogP contribution in [0.4, 0.5) is 0 Å². The fourth-order valence-corrected chi connectivity index (χ4v) is 1.13. The minimum absolute atomic E-state index is 0.251. The number of nitrogens with zero attached hydrogens (tertiary/aromatic N) is 2. The Labute approximate surface area is 60.3 Å². The second-order valence-corrected chi connectivity index (χ2v) is 2.71. The van der Waals surface area contributed by atoms with Crippen molar-refractivity contribution in [3.63, 3.8) is 0 Å². The monoisotopic (exact) mass is 145 g/mol. The minimum Gasteiger partial charge on any atom is -0.302 e. The molecule has 0 aromatic carbocycles.